The first-order chi connectivity index (χ1) is 18.9. The zero-order valence-electron chi connectivity index (χ0n) is 22.3. The molecule has 2 fully saturated rings. The van der Waals surface area contributed by atoms with Gasteiger partial charge in [0.15, 0.2) is 11.4 Å². The van der Waals surface area contributed by atoms with E-state index in [-0.39, 0.29) is 29.7 Å². The van der Waals surface area contributed by atoms with Crippen LogP contribution >= 0.6 is 0 Å². The number of aryl methyl sites for hydroxylation is 1. The quantitative estimate of drug-likeness (QED) is 0.340. The van der Waals surface area contributed by atoms with Crippen molar-refractivity contribution >= 4 is 23.2 Å². The topological polar surface area (TPSA) is 175 Å². The van der Waals surface area contributed by atoms with Crippen molar-refractivity contribution in [1.29, 1.82) is 0 Å². The van der Waals surface area contributed by atoms with E-state index in [4.69, 9.17) is 10.2 Å². The fourth-order valence-corrected chi connectivity index (χ4v) is 6.88. The Morgan fingerprint density at radius 3 is 2.50 bits per heavy atom. The van der Waals surface area contributed by atoms with Crippen LogP contribution in [0.2, 0.25) is 0 Å². The van der Waals surface area contributed by atoms with Gasteiger partial charge >= 0.3 is 0 Å². The van der Waals surface area contributed by atoms with E-state index in [1.165, 1.54) is 23.8 Å². The molecule has 10 heteroatoms. The minimum atomic E-state index is -2.66. The average Bonchev–Trinajstić information content (AvgIpc) is 3.60. The van der Waals surface area contributed by atoms with E-state index in [0.717, 1.165) is 24.5 Å². The number of carbonyl (C=O) groups is 3. The number of Topliss-reactive ketones (excluding diaryl/α,β-unsaturated/α-hetero) is 2. The minimum Gasteiger partial charge on any atom is -0.508 e. The molecule has 1 aromatic heterocycles. The van der Waals surface area contributed by atoms with Crippen molar-refractivity contribution in [3.05, 3.63) is 58.1 Å². The van der Waals surface area contributed by atoms with Crippen LogP contribution in [0.4, 0.5) is 0 Å². The van der Waals surface area contributed by atoms with Gasteiger partial charge in [-0.2, -0.15) is 0 Å². The van der Waals surface area contributed by atoms with Crippen LogP contribution in [0.1, 0.15) is 42.6 Å². The molecular weight excluding hydrogens is 516 g/mol. The average molecular weight is 549 g/mol. The molecule has 0 aliphatic heterocycles. The zero-order valence-corrected chi connectivity index (χ0v) is 22.3. The molecule has 0 radical (unpaired) electrons. The molecule has 210 valence electrons. The maximum atomic E-state index is 13.9. The predicted molar refractivity (Wildman–Crippen MR) is 143 cm³/mol. The van der Waals surface area contributed by atoms with Crippen molar-refractivity contribution in [1.82, 2.24) is 4.90 Å². The van der Waals surface area contributed by atoms with Gasteiger partial charge in [-0.1, -0.05) is 12.8 Å². The molecule has 2 aromatic rings. The normalized spacial score (nSPS) is 28.1. The second-order valence-corrected chi connectivity index (χ2v) is 11.7. The number of primary amides is 1. The molecule has 10 nitrogen and oxygen atoms in total. The highest BCUT2D eigenvalue weighted by atomic mass is 16.4. The van der Waals surface area contributed by atoms with Gasteiger partial charge < -0.3 is 30.6 Å². The van der Waals surface area contributed by atoms with E-state index >= 15 is 0 Å². The van der Waals surface area contributed by atoms with E-state index in [1.807, 2.05) is 12.1 Å². The summed E-state index contributed by atoms with van der Waals surface area (Å²) in [6.45, 7) is 0. The molecule has 4 aliphatic carbocycles. The second kappa shape index (κ2) is 9.07. The number of aliphatic hydroxyl groups is 3. The zero-order chi connectivity index (χ0) is 28.7. The van der Waals surface area contributed by atoms with Crippen LogP contribution in [0.15, 0.2) is 45.6 Å². The first kappa shape index (κ1) is 26.3. The van der Waals surface area contributed by atoms with Crippen molar-refractivity contribution in [2.75, 3.05) is 14.1 Å². The number of nitrogens with two attached hydrogens (primary N) is 1. The number of phenolic OH excluding ortho intramolecular Hbond substituents is 1. The van der Waals surface area contributed by atoms with Crippen molar-refractivity contribution < 1.29 is 39.2 Å². The lowest BCUT2D eigenvalue weighted by Gasteiger charge is -2.50. The molecule has 4 aliphatic rings. The highest BCUT2D eigenvalue weighted by molar-refractivity contribution is 6.24. The summed E-state index contributed by atoms with van der Waals surface area (Å²) < 4.78 is 6.14. The molecule has 1 amide bonds. The van der Waals surface area contributed by atoms with Gasteiger partial charge in [-0.15, -0.1) is 0 Å². The number of benzene rings is 1. The number of amides is 1. The van der Waals surface area contributed by atoms with Crippen LogP contribution in [0.5, 0.6) is 5.75 Å². The van der Waals surface area contributed by atoms with Crippen molar-refractivity contribution in [2.24, 2.45) is 23.5 Å². The standard InChI is InChI=1S/C30H32N2O8/c1-32(2)24-18-12-14-11-17-16(20-10-7-15(40-20)6-5-13-3-4-13)8-9-19(33)22(17)25(34)21(14)27(36)30(18,39)28(37)23(26(24)35)29(31)38/h7-10,13-14,18,24,33-34,37,39H,3-6,11-12H2,1-2H3,(H2,31,38)/t14-,18-,24-,30-/m1/s1. The molecule has 1 heterocycles. The smallest absolute Gasteiger partial charge is 0.255 e. The van der Waals surface area contributed by atoms with Crippen LogP contribution in [0, 0.1) is 17.8 Å². The number of fused-ring (bicyclic) bond motifs is 3. The van der Waals surface area contributed by atoms with Crippen molar-refractivity contribution in [3.63, 3.8) is 0 Å². The van der Waals surface area contributed by atoms with Crippen LogP contribution in [-0.2, 0) is 27.2 Å². The van der Waals surface area contributed by atoms with Crippen LogP contribution in [0.3, 0.4) is 0 Å². The lowest BCUT2D eigenvalue weighted by molar-refractivity contribution is -0.153. The van der Waals surface area contributed by atoms with Crippen LogP contribution < -0.4 is 5.73 Å². The third-order valence-corrected chi connectivity index (χ3v) is 9.03. The number of ketones is 2. The summed E-state index contributed by atoms with van der Waals surface area (Å²) in [4.78, 5) is 40.8. The van der Waals surface area contributed by atoms with Gasteiger partial charge in [0.25, 0.3) is 5.91 Å². The Morgan fingerprint density at radius 1 is 1.12 bits per heavy atom. The monoisotopic (exact) mass is 548 g/mol. The summed E-state index contributed by atoms with van der Waals surface area (Å²) in [7, 11) is 3.14. The fourth-order valence-electron chi connectivity index (χ4n) is 6.88. The number of rotatable bonds is 6. The molecule has 1 aromatic carbocycles. The lowest BCUT2D eigenvalue weighted by atomic mass is 9.57. The Labute approximate surface area is 230 Å². The molecule has 0 spiro atoms. The summed E-state index contributed by atoms with van der Waals surface area (Å²) in [5.74, 6) is -4.54. The highest BCUT2D eigenvalue weighted by Crippen LogP contribution is 2.53. The Hall–Kier alpha value is -3.89. The number of hydrogen-bond acceptors (Lipinski definition) is 9. The number of carbonyl (C=O) groups excluding carboxylic acids is 3. The van der Waals surface area contributed by atoms with E-state index in [1.54, 1.807) is 20.2 Å². The molecular formula is C30H32N2O8. The predicted octanol–water partition coefficient (Wildman–Crippen LogP) is 2.57. The summed E-state index contributed by atoms with van der Waals surface area (Å²) in [6, 6.07) is 5.77. The number of likely N-dealkylation sites (N-methyl/N-ethyl adjacent to an activating group) is 1. The number of aliphatic hydroxyl groups excluding tert-OH is 2. The molecule has 0 unspecified atom stereocenters. The molecule has 4 atom stereocenters. The first-order valence-corrected chi connectivity index (χ1v) is 13.5. The maximum Gasteiger partial charge on any atom is 0.255 e. The van der Waals surface area contributed by atoms with E-state index in [2.05, 4.69) is 0 Å². The molecule has 6 rings (SSSR count). The van der Waals surface area contributed by atoms with Crippen molar-refractivity contribution in [2.45, 2.75) is 50.2 Å². The van der Waals surface area contributed by atoms with Crippen molar-refractivity contribution in [3.8, 4) is 17.1 Å². The van der Waals surface area contributed by atoms with E-state index in [0.29, 0.717) is 16.9 Å². The third-order valence-electron chi connectivity index (χ3n) is 9.03. The minimum absolute atomic E-state index is 0.0334. The molecule has 0 bridgehead atoms. The lowest BCUT2D eigenvalue weighted by Crippen LogP contribution is -2.65. The number of phenols is 1. The van der Waals surface area contributed by atoms with Gasteiger partial charge in [0.05, 0.1) is 11.6 Å². The molecule has 6 N–H and O–H groups in total. The van der Waals surface area contributed by atoms with E-state index < -0.39 is 58.0 Å². The van der Waals surface area contributed by atoms with Gasteiger partial charge in [0, 0.05) is 23.5 Å². The van der Waals surface area contributed by atoms with Crippen LogP contribution in [0.25, 0.3) is 17.1 Å². The Morgan fingerprint density at radius 2 is 1.85 bits per heavy atom. The second-order valence-electron chi connectivity index (χ2n) is 11.7. The van der Waals surface area contributed by atoms with Gasteiger partial charge in [0.1, 0.15) is 34.4 Å². The summed E-state index contributed by atoms with van der Waals surface area (Å²) in [6.07, 6.45) is 4.62. The number of furan rings is 1. The summed E-state index contributed by atoms with van der Waals surface area (Å²) >= 11 is 0. The largest absolute Gasteiger partial charge is 0.508 e. The maximum absolute atomic E-state index is 13.9. The van der Waals surface area contributed by atoms with Crippen LogP contribution in [-0.4, -0.2) is 68.5 Å². The Balaban J connectivity index is 1.47. The summed E-state index contributed by atoms with van der Waals surface area (Å²) in [5, 5.41) is 44.9. The molecule has 40 heavy (non-hydrogen) atoms. The Kier molecular flexibility index (Phi) is 5.97. The molecule has 2 saturated carbocycles. The third kappa shape index (κ3) is 3.73. The number of aromatic hydroxyl groups is 1. The van der Waals surface area contributed by atoms with Gasteiger partial charge in [0.2, 0.25) is 5.78 Å². The van der Waals surface area contributed by atoms with Gasteiger partial charge in [-0.25, -0.2) is 0 Å². The molecule has 0 saturated heterocycles. The van der Waals surface area contributed by atoms with Gasteiger partial charge in [-0.3, -0.25) is 19.3 Å². The highest BCUT2D eigenvalue weighted by Gasteiger charge is 2.64. The number of nitrogens with zero attached hydrogens (tertiary/aromatic N) is 1. The summed E-state index contributed by atoms with van der Waals surface area (Å²) in [5.41, 5.74) is 2.98. The Bertz CT molecular complexity index is 1530. The fraction of sp³-hybridized carbons (Fsp3) is 0.433. The van der Waals surface area contributed by atoms with Gasteiger partial charge in [-0.05, 0) is 75.0 Å². The number of hydrogen-bond donors (Lipinski definition) is 5. The van der Waals surface area contributed by atoms with E-state index in [9.17, 15) is 34.8 Å². The first-order valence-electron chi connectivity index (χ1n) is 13.5. The SMILES string of the molecule is CN(C)[C@H]1C(=O)C(C(N)=O)=C(O)[C@]2(O)C(=O)C3=C(O)c4c(O)ccc(-c5ccc(CCC6CC6)o5)c4C[C@@H]3C[C@H]12.